The van der Waals surface area contributed by atoms with Gasteiger partial charge < -0.3 is 10.1 Å². The Labute approximate surface area is 129 Å². The van der Waals surface area contributed by atoms with Crippen LogP contribution in [-0.4, -0.2) is 5.91 Å². The summed E-state index contributed by atoms with van der Waals surface area (Å²) in [5, 5.41) is 2.79. The molecule has 0 spiro atoms. The maximum absolute atomic E-state index is 12.8. The number of nitrogens with one attached hydrogen (secondary N) is 1. The molecule has 0 aliphatic carbocycles. The van der Waals surface area contributed by atoms with Gasteiger partial charge in [0.1, 0.15) is 17.3 Å². The van der Waals surface area contributed by atoms with Crippen LogP contribution in [0.3, 0.4) is 0 Å². The van der Waals surface area contributed by atoms with Crippen LogP contribution >= 0.6 is 0 Å². The molecule has 0 aliphatic heterocycles. The van der Waals surface area contributed by atoms with E-state index in [9.17, 15) is 9.18 Å². The molecule has 1 amide bonds. The minimum Gasteiger partial charge on any atom is -0.460 e. The molecule has 0 bridgehead atoms. The summed E-state index contributed by atoms with van der Waals surface area (Å²) < 4.78 is 18.4. The molecule has 2 aromatic rings. The third kappa shape index (κ3) is 4.19. The summed E-state index contributed by atoms with van der Waals surface area (Å²) in [5.74, 6) is 0.549. The van der Waals surface area contributed by atoms with E-state index >= 15 is 0 Å². The van der Waals surface area contributed by atoms with Crippen molar-refractivity contribution in [1.29, 1.82) is 0 Å². The minimum atomic E-state index is -0.321. The van der Waals surface area contributed by atoms with Crippen LogP contribution in [0.5, 0.6) is 5.75 Å². The van der Waals surface area contributed by atoms with Gasteiger partial charge in [0.25, 0.3) is 5.91 Å². The van der Waals surface area contributed by atoms with E-state index in [1.807, 2.05) is 19.1 Å². The Bertz CT molecular complexity index is 688. The summed E-state index contributed by atoms with van der Waals surface area (Å²) in [4.78, 5) is 12.1. The number of ether oxygens (including phenoxy) is 1. The van der Waals surface area contributed by atoms with Gasteiger partial charge in [0.15, 0.2) is 0 Å². The molecule has 3 nitrogen and oxygen atoms in total. The van der Waals surface area contributed by atoms with Crippen LogP contribution in [0.1, 0.15) is 29.8 Å². The predicted molar refractivity (Wildman–Crippen MR) is 84.0 cm³/mol. The smallest absolute Gasteiger partial charge is 0.255 e. The van der Waals surface area contributed by atoms with Crippen LogP contribution in [0, 0.1) is 12.7 Å². The number of allylic oxidation sites excluding steroid dienone is 2. The maximum atomic E-state index is 12.8. The Kier molecular flexibility index (Phi) is 4.94. The molecule has 1 N–H and O–H groups in total. The Hall–Kier alpha value is -2.62. The highest BCUT2D eigenvalue weighted by atomic mass is 19.1. The van der Waals surface area contributed by atoms with Gasteiger partial charge in [0.2, 0.25) is 0 Å². The molecule has 2 rings (SSSR count). The van der Waals surface area contributed by atoms with Crippen molar-refractivity contribution in [2.75, 3.05) is 0 Å². The lowest BCUT2D eigenvalue weighted by atomic mass is 10.1. The molecule has 0 saturated heterocycles. The molecule has 4 heteroatoms. The van der Waals surface area contributed by atoms with Crippen molar-refractivity contribution >= 4 is 5.91 Å². The van der Waals surface area contributed by atoms with Crippen molar-refractivity contribution in [2.24, 2.45) is 0 Å². The van der Waals surface area contributed by atoms with Crippen molar-refractivity contribution in [3.8, 4) is 5.75 Å². The first-order valence-electron chi connectivity index (χ1n) is 6.94. The first kappa shape index (κ1) is 15.8. The SMILES string of the molecule is CC(NC(=O)c1ccc(C)cc1)=C(C)Oc1ccc(F)cc1. The van der Waals surface area contributed by atoms with Crippen molar-refractivity contribution in [3.63, 3.8) is 0 Å². The fourth-order valence-corrected chi connectivity index (χ4v) is 1.79. The summed E-state index contributed by atoms with van der Waals surface area (Å²) in [7, 11) is 0. The molecule has 0 aromatic heterocycles. The Morgan fingerprint density at radius 3 is 2.18 bits per heavy atom. The number of aryl methyl sites for hydroxylation is 1. The van der Waals surface area contributed by atoms with Gasteiger partial charge in [-0.15, -0.1) is 0 Å². The molecule has 0 heterocycles. The van der Waals surface area contributed by atoms with E-state index in [0.717, 1.165) is 5.56 Å². The average molecular weight is 299 g/mol. The van der Waals surface area contributed by atoms with Crippen LogP contribution in [0.4, 0.5) is 4.39 Å². The first-order valence-corrected chi connectivity index (χ1v) is 6.94. The van der Waals surface area contributed by atoms with Crippen molar-refractivity contribution < 1.29 is 13.9 Å². The summed E-state index contributed by atoms with van der Waals surface area (Å²) in [6, 6.07) is 13.0. The number of benzene rings is 2. The number of hydrogen-bond donors (Lipinski definition) is 1. The van der Waals surface area contributed by atoms with E-state index in [1.54, 1.807) is 26.0 Å². The summed E-state index contributed by atoms with van der Waals surface area (Å²) in [6.45, 7) is 5.46. The van der Waals surface area contributed by atoms with Gasteiger partial charge >= 0.3 is 0 Å². The number of halogens is 1. The molecule has 114 valence electrons. The topological polar surface area (TPSA) is 38.3 Å². The van der Waals surface area contributed by atoms with E-state index in [1.165, 1.54) is 24.3 Å². The van der Waals surface area contributed by atoms with E-state index in [2.05, 4.69) is 5.32 Å². The summed E-state index contributed by atoms with van der Waals surface area (Å²) in [6.07, 6.45) is 0. The zero-order chi connectivity index (χ0) is 16.1. The molecule has 0 radical (unpaired) electrons. The Balaban J connectivity index is 2.05. The highest BCUT2D eigenvalue weighted by Gasteiger charge is 2.08. The van der Waals surface area contributed by atoms with Gasteiger partial charge in [0, 0.05) is 5.56 Å². The van der Waals surface area contributed by atoms with Crippen LogP contribution in [0.15, 0.2) is 60.0 Å². The van der Waals surface area contributed by atoms with Crippen LogP contribution < -0.4 is 10.1 Å². The maximum Gasteiger partial charge on any atom is 0.255 e. The highest BCUT2D eigenvalue weighted by molar-refractivity contribution is 5.95. The quantitative estimate of drug-likeness (QED) is 0.859. The zero-order valence-corrected chi connectivity index (χ0v) is 12.8. The minimum absolute atomic E-state index is 0.195. The standard InChI is InChI=1S/C18H18FNO2/c1-12-4-6-15(7-5-12)18(21)20-13(2)14(3)22-17-10-8-16(19)9-11-17/h4-11H,1-3H3,(H,20,21). The van der Waals surface area contributed by atoms with Gasteiger partial charge in [0.05, 0.1) is 5.70 Å². The molecule has 0 saturated carbocycles. The predicted octanol–water partition coefficient (Wildman–Crippen LogP) is 4.19. The molecule has 0 unspecified atom stereocenters. The van der Waals surface area contributed by atoms with E-state index in [0.29, 0.717) is 22.8 Å². The number of carbonyl (C=O) groups excluding carboxylic acids is 1. The molecule has 0 aliphatic rings. The van der Waals surface area contributed by atoms with E-state index < -0.39 is 0 Å². The first-order chi connectivity index (χ1) is 10.5. The molecular formula is C18H18FNO2. The fourth-order valence-electron chi connectivity index (χ4n) is 1.79. The monoisotopic (exact) mass is 299 g/mol. The van der Waals surface area contributed by atoms with Crippen LogP contribution in [0.2, 0.25) is 0 Å². The molecule has 2 aromatic carbocycles. The van der Waals surface area contributed by atoms with Crippen molar-refractivity contribution in [2.45, 2.75) is 20.8 Å². The second kappa shape index (κ2) is 6.89. The number of rotatable bonds is 4. The fraction of sp³-hybridized carbons (Fsp3) is 0.167. The number of carbonyl (C=O) groups is 1. The van der Waals surface area contributed by atoms with Gasteiger partial charge in [-0.3, -0.25) is 4.79 Å². The molecule has 0 fully saturated rings. The average Bonchev–Trinajstić information content (AvgIpc) is 2.50. The normalized spacial score (nSPS) is 11.6. The lowest BCUT2D eigenvalue weighted by Crippen LogP contribution is -2.23. The largest absolute Gasteiger partial charge is 0.460 e. The van der Waals surface area contributed by atoms with Gasteiger partial charge in [-0.25, -0.2) is 4.39 Å². The second-order valence-electron chi connectivity index (χ2n) is 5.06. The highest BCUT2D eigenvalue weighted by Crippen LogP contribution is 2.15. The molecule has 0 atom stereocenters. The van der Waals surface area contributed by atoms with Gasteiger partial charge in [-0.1, -0.05) is 17.7 Å². The van der Waals surface area contributed by atoms with Crippen molar-refractivity contribution in [3.05, 3.63) is 76.9 Å². The van der Waals surface area contributed by atoms with Gasteiger partial charge in [-0.05, 0) is 57.2 Å². The summed E-state index contributed by atoms with van der Waals surface area (Å²) in [5.41, 5.74) is 2.29. The Morgan fingerprint density at radius 1 is 1.00 bits per heavy atom. The second-order valence-corrected chi connectivity index (χ2v) is 5.06. The third-order valence-electron chi connectivity index (χ3n) is 3.23. The number of amides is 1. The number of hydrogen-bond acceptors (Lipinski definition) is 2. The summed E-state index contributed by atoms with van der Waals surface area (Å²) >= 11 is 0. The van der Waals surface area contributed by atoms with Crippen LogP contribution in [-0.2, 0) is 0 Å². The zero-order valence-electron chi connectivity index (χ0n) is 12.8. The van der Waals surface area contributed by atoms with E-state index in [-0.39, 0.29) is 11.7 Å². The lowest BCUT2D eigenvalue weighted by molar-refractivity contribution is 0.0964. The molecule has 22 heavy (non-hydrogen) atoms. The third-order valence-corrected chi connectivity index (χ3v) is 3.23. The Morgan fingerprint density at radius 2 is 1.59 bits per heavy atom. The van der Waals surface area contributed by atoms with Gasteiger partial charge in [-0.2, -0.15) is 0 Å². The lowest BCUT2D eigenvalue weighted by Gasteiger charge is -2.11. The van der Waals surface area contributed by atoms with Crippen LogP contribution in [0.25, 0.3) is 0 Å². The van der Waals surface area contributed by atoms with E-state index in [4.69, 9.17) is 4.74 Å². The van der Waals surface area contributed by atoms with Crippen molar-refractivity contribution in [1.82, 2.24) is 5.32 Å². The molecular weight excluding hydrogens is 281 g/mol.